The number of ether oxygens (including phenoxy) is 1. The quantitative estimate of drug-likeness (QED) is 0.251. The van der Waals surface area contributed by atoms with Gasteiger partial charge in [0.05, 0.1) is 39.8 Å². The maximum Gasteiger partial charge on any atom is 0.270 e. The molecule has 1 aliphatic heterocycles. The highest BCUT2D eigenvalue weighted by Gasteiger charge is 2.25. The van der Waals surface area contributed by atoms with E-state index in [1.807, 2.05) is 24.3 Å². The number of hydrogen-bond acceptors (Lipinski definition) is 6. The Bertz CT molecular complexity index is 1380. The molecular weight excluding hydrogens is 460 g/mol. The molecule has 0 bridgehead atoms. The number of nitro groups is 1. The van der Waals surface area contributed by atoms with Crippen LogP contribution < -0.4 is 0 Å². The number of benzene rings is 2. The van der Waals surface area contributed by atoms with Gasteiger partial charge in [-0.1, -0.05) is 23.7 Å². The number of morpholine rings is 1. The van der Waals surface area contributed by atoms with Crippen molar-refractivity contribution in [3.05, 3.63) is 81.3 Å². The van der Waals surface area contributed by atoms with E-state index in [4.69, 9.17) is 20.8 Å². The normalized spacial score (nSPS) is 14.5. The summed E-state index contributed by atoms with van der Waals surface area (Å²) in [5.41, 5.74) is 2.32. The first kappa shape index (κ1) is 21.9. The second-order valence-electron chi connectivity index (χ2n) is 7.69. The molecule has 0 aliphatic carbocycles. The van der Waals surface area contributed by atoms with Crippen molar-refractivity contribution >= 4 is 45.9 Å². The third kappa shape index (κ3) is 4.30. The van der Waals surface area contributed by atoms with E-state index >= 15 is 0 Å². The molecule has 4 aromatic rings. The molecule has 0 spiro atoms. The van der Waals surface area contributed by atoms with E-state index in [0.717, 1.165) is 11.0 Å². The molecule has 1 amide bonds. The fourth-order valence-electron chi connectivity index (χ4n) is 3.78. The summed E-state index contributed by atoms with van der Waals surface area (Å²) in [6.07, 6.45) is 1.64. The van der Waals surface area contributed by atoms with Gasteiger partial charge in [0.25, 0.3) is 11.6 Å². The van der Waals surface area contributed by atoms with Crippen LogP contribution in [-0.4, -0.2) is 52.0 Å². The molecule has 172 valence electrons. The van der Waals surface area contributed by atoms with Crippen molar-refractivity contribution in [2.45, 2.75) is 0 Å². The fourth-order valence-corrected chi connectivity index (χ4v) is 4.05. The van der Waals surface area contributed by atoms with Crippen LogP contribution in [0.2, 0.25) is 5.02 Å². The number of hydrogen-bond donors (Lipinski definition) is 1. The molecule has 0 unspecified atom stereocenters. The molecule has 0 saturated carbocycles. The second-order valence-corrected chi connectivity index (χ2v) is 8.10. The first-order valence-corrected chi connectivity index (χ1v) is 11.0. The maximum atomic E-state index is 13.4. The van der Waals surface area contributed by atoms with Gasteiger partial charge in [0.2, 0.25) is 0 Å². The van der Waals surface area contributed by atoms with Crippen LogP contribution in [0.1, 0.15) is 11.6 Å². The van der Waals surface area contributed by atoms with Crippen LogP contribution in [0.15, 0.2) is 59.0 Å². The first-order chi connectivity index (χ1) is 16.5. The summed E-state index contributed by atoms with van der Waals surface area (Å²) in [4.78, 5) is 33.4. The van der Waals surface area contributed by atoms with Crippen LogP contribution >= 0.6 is 11.6 Å². The highest BCUT2D eigenvalue weighted by atomic mass is 35.5. The third-order valence-electron chi connectivity index (χ3n) is 5.52. The molecule has 0 radical (unpaired) electrons. The number of nitro benzene ring substituents is 1. The number of carbonyl (C=O) groups is 1. The number of halogens is 1. The van der Waals surface area contributed by atoms with Crippen molar-refractivity contribution in [1.82, 2.24) is 14.9 Å². The molecule has 1 N–H and O–H groups in total. The number of carbonyl (C=O) groups excluding carboxylic acids is 1. The number of amides is 1. The van der Waals surface area contributed by atoms with Crippen LogP contribution in [0.4, 0.5) is 5.69 Å². The number of aromatic nitrogens is 2. The lowest BCUT2D eigenvalue weighted by Gasteiger charge is -2.27. The van der Waals surface area contributed by atoms with Gasteiger partial charge in [-0.25, -0.2) is 4.98 Å². The summed E-state index contributed by atoms with van der Waals surface area (Å²) in [6, 6.07) is 15.1. The van der Waals surface area contributed by atoms with E-state index in [2.05, 4.69) is 9.97 Å². The average Bonchev–Trinajstić information content (AvgIpc) is 3.49. The summed E-state index contributed by atoms with van der Waals surface area (Å²) in [6.45, 7) is 1.92. The molecule has 10 heteroatoms. The van der Waals surface area contributed by atoms with Crippen molar-refractivity contribution in [1.29, 1.82) is 0 Å². The SMILES string of the molecule is O=C(/C(=C\c1ccc(-c2ccc([N+](=O)[O-])cc2Cl)o1)c1nc2ccccc2[nH]1)N1CCOCC1. The lowest BCUT2D eigenvalue weighted by atomic mass is 10.1. The third-order valence-corrected chi connectivity index (χ3v) is 5.83. The highest BCUT2D eigenvalue weighted by molar-refractivity contribution is 6.33. The van der Waals surface area contributed by atoms with Gasteiger partial charge >= 0.3 is 0 Å². The van der Waals surface area contributed by atoms with Crippen LogP contribution in [-0.2, 0) is 9.53 Å². The zero-order valence-corrected chi connectivity index (χ0v) is 18.6. The van der Waals surface area contributed by atoms with Gasteiger partial charge in [-0.2, -0.15) is 0 Å². The molecule has 2 aromatic carbocycles. The number of furan rings is 1. The van der Waals surface area contributed by atoms with Gasteiger partial charge in [0.1, 0.15) is 17.3 Å². The molecule has 9 nitrogen and oxygen atoms in total. The molecule has 3 heterocycles. The van der Waals surface area contributed by atoms with Gasteiger partial charge < -0.3 is 19.0 Å². The van der Waals surface area contributed by atoms with Gasteiger partial charge in [-0.3, -0.25) is 14.9 Å². The number of nitrogens with zero attached hydrogens (tertiary/aromatic N) is 3. The summed E-state index contributed by atoms with van der Waals surface area (Å²) < 4.78 is 11.3. The zero-order chi connectivity index (χ0) is 23.7. The lowest BCUT2D eigenvalue weighted by molar-refractivity contribution is -0.384. The number of para-hydroxylation sites is 2. The Balaban J connectivity index is 1.53. The summed E-state index contributed by atoms with van der Waals surface area (Å²) in [7, 11) is 0. The number of H-pyrrole nitrogens is 1. The van der Waals surface area contributed by atoms with Crippen LogP contribution in [0.5, 0.6) is 0 Å². The molecule has 1 aliphatic rings. The minimum absolute atomic E-state index is 0.108. The predicted molar refractivity (Wildman–Crippen MR) is 127 cm³/mol. The average molecular weight is 479 g/mol. The highest BCUT2D eigenvalue weighted by Crippen LogP contribution is 2.33. The van der Waals surface area contributed by atoms with E-state index in [1.54, 1.807) is 23.1 Å². The van der Waals surface area contributed by atoms with Crippen molar-refractivity contribution < 1.29 is 18.9 Å². The van der Waals surface area contributed by atoms with Crippen molar-refractivity contribution in [2.75, 3.05) is 26.3 Å². The van der Waals surface area contributed by atoms with E-state index in [0.29, 0.717) is 54.8 Å². The molecule has 1 fully saturated rings. The Hall–Kier alpha value is -3.95. The molecule has 1 saturated heterocycles. The predicted octanol–water partition coefficient (Wildman–Crippen LogP) is 4.78. The van der Waals surface area contributed by atoms with Gasteiger partial charge in [-0.05, 0) is 36.4 Å². The number of aromatic amines is 1. The van der Waals surface area contributed by atoms with Gasteiger partial charge in [0.15, 0.2) is 0 Å². The molecular formula is C24H19ClN4O5. The van der Waals surface area contributed by atoms with Gasteiger partial charge in [-0.15, -0.1) is 0 Å². The minimum atomic E-state index is -0.511. The van der Waals surface area contributed by atoms with Crippen molar-refractivity contribution in [2.24, 2.45) is 0 Å². The molecule has 5 rings (SSSR count). The van der Waals surface area contributed by atoms with E-state index in [1.165, 1.54) is 18.2 Å². The minimum Gasteiger partial charge on any atom is -0.457 e. The Morgan fingerprint density at radius 3 is 2.68 bits per heavy atom. The first-order valence-electron chi connectivity index (χ1n) is 10.6. The Labute approximate surface area is 198 Å². The Morgan fingerprint density at radius 1 is 1.15 bits per heavy atom. The molecule has 2 aromatic heterocycles. The van der Waals surface area contributed by atoms with Crippen molar-refractivity contribution in [3.63, 3.8) is 0 Å². The summed E-state index contributed by atoms with van der Waals surface area (Å²) in [5, 5.41) is 11.2. The smallest absolute Gasteiger partial charge is 0.270 e. The summed E-state index contributed by atoms with van der Waals surface area (Å²) >= 11 is 6.25. The van der Waals surface area contributed by atoms with Gasteiger partial charge in [0, 0.05) is 30.8 Å². The monoisotopic (exact) mass is 478 g/mol. The number of nitrogens with one attached hydrogen (secondary N) is 1. The van der Waals surface area contributed by atoms with Crippen LogP contribution in [0.3, 0.4) is 0 Å². The van der Waals surface area contributed by atoms with E-state index in [-0.39, 0.29) is 16.6 Å². The van der Waals surface area contributed by atoms with Crippen molar-refractivity contribution in [3.8, 4) is 11.3 Å². The van der Waals surface area contributed by atoms with E-state index < -0.39 is 4.92 Å². The molecule has 0 atom stereocenters. The fraction of sp³-hybridized carbons (Fsp3) is 0.167. The number of non-ortho nitro benzene ring substituents is 1. The molecule has 34 heavy (non-hydrogen) atoms. The Morgan fingerprint density at radius 2 is 1.94 bits per heavy atom. The lowest BCUT2D eigenvalue weighted by Crippen LogP contribution is -2.41. The van der Waals surface area contributed by atoms with E-state index in [9.17, 15) is 14.9 Å². The second kappa shape index (κ2) is 9.12. The summed E-state index contributed by atoms with van der Waals surface area (Å²) in [5.74, 6) is 1.09. The standard InChI is InChI=1S/C24H19ClN4O5/c25-19-13-15(29(31)32)5-7-17(19)22-8-6-16(34-22)14-18(24(30)28-9-11-33-12-10-28)23-26-20-3-1-2-4-21(20)27-23/h1-8,13-14H,9-12H2,(H,26,27)/b18-14-. The largest absolute Gasteiger partial charge is 0.457 e. The van der Waals surface area contributed by atoms with Crippen LogP contribution in [0, 0.1) is 10.1 Å². The maximum absolute atomic E-state index is 13.4. The number of fused-ring (bicyclic) bond motifs is 1. The number of imidazole rings is 1. The van der Waals surface area contributed by atoms with Crippen LogP contribution in [0.25, 0.3) is 34.0 Å². The Kier molecular flexibility index (Phi) is 5.87. The number of rotatable bonds is 5. The zero-order valence-electron chi connectivity index (χ0n) is 17.9. The topological polar surface area (TPSA) is 114 Å².